The fourth-order valence-corrected chi connectivity index (χ4v) is 11.1. The lowest BCUT2D eigenvalue weighted by molar-refractivity contribution is 0.652. The van der Waals surface area contributed by atoms with E-state index in [1.165, 1.54) is 105 Å². The topological polar surface area (TPSA) is 6.48 Å². The Kier molecular flexibility index (Phi) is 8.09. The van der Waals surface area contributed by atoms with E-state index in [2.05, 4.69) is 232 Å². The summed E-state index contributed by atoms with van der Waals surface area (Å²) in [7, 11) is 0. The van der Waals surface area contributed by atoms with Gasteiger partial charge in [0.1, 0.15) is 0 Å². The first-order valence-electron chi connectivity index (χ1n) is 22.2. The van der Waals surface area contributed by atoms with Crippen LogP contribution in [0, 0.1) is 0 Å². The van der Waals surface area contributed by atoms with Crippen molar-refractivity contribution in [3.05, 3.63) is 222 Å². The van der Waals surface area contributed by atoms with Gasteiger partial charge in [0, 0.05) is 44.1 Å². The Balaban J connectivity index is 1.03. The van der Waals surface area contributed by atoms with Gasteiger partial charge in [-0.1, -0.05) is 161 Å². The Bertz CT molecular complexity index is 3350. The first kappa shape index (κ1) is 36.7. The second kappa shape index (κ2) is 13.7. The van der Waals surface area contributed by atoms with Crippen LogP contribution in [-0.4, -0.2) is 0 Å². The highest BCUT2D eigenvalue weighted by molar-refractivity contribution is 6.11. The minimum Gasteiger partial charge on any atom is -0.310 e. The second-order valence-electron chi connectivity index (χ2n) is 18.4. The highest BCUT2D eigenvalue weighted by Gasteiger charge is 2.43. The van der Waals surface area contributed by atoms with Crippen LogP contribution in [-0.2, 0) is 10.8 Å². The molecule has 0 atom stereocenters. The van der Waals surface area contributed by atoms with Gasteiger partial charge >= 0.3 is 0 Å². The summed E-state index contributed by atoms with van der Waals surface area (Å²) in [5.74, 6) is 0. The monoisotopic (exact) mass is 796 g/mol. The highest BCUT2D eigenvalue weighted by atomic mass is 15.2. The van der Waals surface area contributed by atoms with E-state index >= 15 is 0 Å². The summed E-state index contributed by atoms with van der Waals surface area (Å²) >= 11 is 0. The van der Waals surface area contributed by atoms with E-state index in [9.17, 15) is 0 Å². The SMILES string of the molecule is CC1(C)c2cc(N(c3ccccc3)c3cccc4ccccc34)ccc2-c2cc3c(cc21)-c1c(cc(N(C2=CCCC=C2)c2cccc4ccccc24)c2ccccc12)C3(C)C. The van der Waals surface area contributed by atoms with Crippen LogP contribution in [0.5, 0.6) is 0 Å². The van der Waals surface area contributed by atoms with Gasteiger partial charge in [0.15, 0.2) is 0 Å². The average Bonchev–Trinajstić information content (AvgIpc) is 3.67. The number of para-hydroxylation sites is 1. The van der Waals surface area contributed by atoms with Crippen molar-refractivity contribution in [1.29, 1.82) is 0 Å². The largest absolute Gasteiger partial charge is 0.310 e. The third kappa shape index (κ3) is 5.36. The Morgan fingerprint density at radius 3 is 1.65 bits per heavy atom. The van der Waals surface area contributed by atoms with Crippen LogP contribution in [0.1, 0.15) is 62.8 Å². The van der Waals surface area contributed by atoms with Crippen molar-refractivity contribution < 1.29 is 0 Å². The summed E-state index contributed by atoms with van der Waals surface area (Å²) in [6.45, 7) is 9.73. The van der Waals surface area contributed by atoms with Crippen LogP contribution in [0.2, 0.25) is 0 Å². The van der Waals surface area contributed by atoms with Crippen molar-refractivity contribution in [3.63, 3.8) is 0 Å². The lowest BCUT2D eigenvalue weighted by Gasteiger charge is -2.32. The van der Waals surface area contributed by atoms with Gasteiger partial charge < -0.3 is 9.80 Å². The van der Waals surface area contributed by atoms with Crippen molar-refractivity contribution >= 4 is 60.8 Å². The zero-order valence-electron chi connectivity index (χ0n) is 35.8. The molecule has 0 saturated heterocycles. The van der Waals surface area contributed by atoms with E-state index in [0.29, 0.717) is 0 Å². The molecular weight excluding hydrogens is 749 g/mol. The van der Waals surface area contributed by atoms with Gasteiger partial charge in [-0.3, -0.25) is 0 Å². The quantitative estimate of drug-likeness (QED) is 0.165. The lowest BCUT2D eigenvalue weighted by atomic mass is 9.79. The Morgan fingerprint density at radius 2 is 0.952 bits per heavy atom. The fourth-order valence-electron chi connectivity index (χ4n) is 11.1. The molecule has 0 aliphatic heterocycles. The molecule has 9 aromatic rings. The minimum absolute atomic E-state index is 0.218. The van der Waals surface area contributed by atoms with E-state index in [1.54, 1.807) is 0 Å². The summed E-state index contributed by atoms with van der Waals surface area (Å²) in [6.07, 6.45) is 9.17. The molecule has 298 valence electrons. The van der Waals surface area contributed by atoms with Gasteiger partial charge in [-0.05, 0) is 134 Å². The van der Waals surface area contributed by atoms with Gasteiger partial charge in [0.2, 0.25) is 0 Å². The van der Waals surface area contributed by atoms with Crippen molar-refractivity contribution in [1.82, 2.24) is 0 Å². The van der Waals surface area contributed by atoms with Crippen molar-refractivity contribution in [2.45, 2.75) is 51.4 Å². The number of nitrogens with zero attached hydrogens (tertiary/aromatic N) is 2. The summed E-state index contributed by atoms with van der Waals surface area (Å²) in [4.78, 5) is 4.97. The predicted molar refractivity (Wildman–Crippen MR) is 264 cm³/mol. The smallest absolute Gasteiger partial charge is 0.0543 e. The van der Waals surface area contributed by atoms with Crippen molar-refractivity contribution in [2.75, 3.05) is 9.80 Å². The Labute approximate surface area is 364 Å². The van der Waals surface area contributed by atoms with E-state index < -0.39 is 0 Å². The number of rotatable bonds is 6. The molecule has 3 aliphatic rings. The third-order valence-electron chi connectivity index (χ3n) is 14.2. The highest BCUT2D eigenvalue weighted by Crippen LogP contribution is 2.59. The standard InChI is InChI=1S/C60H48N2/c1-59(2)51-35-43(61(41-23-7-5-8-24-41)55-31-17-21-39-19-11-13-27-44(39)55)33-34-46(51)49-36-53-50(37-52(49)59)58-48-30-16-15-29-47(48)57(38-54(58)60(53,3)4)62(42-25-9-6-10-26-42)56-32-18-22-40-20-12-14-28-45(40)56/h5,7-9,11-38H,6,10H2,1-4H3. The van der Waals surface area contributed by atoms with Crippen molar-refractivity contribution in [3.8, 4) is 22.3 Å². The van der Waals surface area contributed by atoms with Crippen LogP contribution in [0.25, 0.3) is 54.6 Å². The molecule has 0 aromatic heterocycles. The molecule has 0 spiro atoms. The second-order valence-corrected chi connectivity index (χ2v) is 18.4. The molecular formula is C60H48N2. The zero-order chi connectivity index (χ0) is 41.7. The third-order valence-corrected chi connectivity index (χ3v) is 14.2. The van der Waals surface area contributed by atoms with E-state index in [-0.39, 0.29) is 10.8 Å². The molecule has 3 aliphatic carbocycles. The molecule has 2 nitrogen and oxygen atoms in total. The number of fused-ring (bicyclic) bond motifs is 10. The van der Waals surface area contributed by atoms with Crippen LogP contribution >= 0.6 is 0 Å². The maximum atomic E-state index is 2.57. The first-order valence-corrected chi connectivity index (χ1v) is 22.2. The van der Waals surface area contributed by atoms with E-state index in [1.807, 2.05) is 0 Å². The first-order chi connectivity index (χ1) is 30.3. The number of anilines is 5. The number of allylic oxidation sites excluding steroid dienone is 3. The molecule has 0 unspecified atom stereocenters. The summed E-state index contributed by atoms with van der Waals surface area (Å²) in [5, 5.41) is 7.56. The van der Waals surface area contributed by atoms with Gasteiger partial charge in [-0.25, -0.2) is 0 Å². The van der Waals surface area contributed by atoms with Crippen LogP contribution < -0.4 is 9.80 Å². The molecule has 62 heavy (non-hydrogen) atoms. The molecule has 0 heterocycles. The molecule has 0 fully saturated rings. The van der Waals surface area contributed by atoms with Crippen molar-refractivity contribution in [2.24, 2.45) is 0 Å². The molecule has 0 saturated carbocycles. The molecule has 2 heteroatoms. The fraction of sp³-hybridized carbons (Fsp3) is 0.133. The lowest BCUT2D eigenvalue weighted by Crippen LogP contribution is -2.20. The number of benzene rings is 9. The number of hydrogen-bond acceptors (Lipinski definition) is 2. The maximum absolute atomic E-state index is 2.57. The zero-order valence-corrected chi connectivity index (χ0v) is 35.8. The Hall–Kier alpha value is -7.16. The minimum atomic E-state index is -0.231. The molecule has 0 bridgehead atoms. The summed E-state index contributed by atoms with van der Waals surface area (Å²) in [5.41, 5.74) is 17.7. The average molecular weight is 797 g/mol. The summed E-state index contributed by atoms with van der Waals surface area (Å²) < 4.78 is 0. The normalized spacial score (nSPS) is 15.3. The summed E-state index contributed by atoms with van der Waals surface area (Å²) in [6, 6.07) is 65.7. The maximum Gasteiger partial charge on any atom is 0.0543 e. The van der Waals surface area contributed by atoms with Gasteiger partial charge in [0.25, 0.3) is 0 Å². The van der Waals surface area contributed by atoms with Gasteiger partial charge in [-0.2, -0.15) is 0 Å². The molecule has 0 N–H and O–H groups in total. The molecule has 9 aromatic carbocycles. The van der Waals surface area contributed by atoms with Gasteiger partial charge in [0.05, 0.1) is 17.1 Å². The van der Waals surface area contributed by atoms with Gasteiger partial charge in [-0.15, -0.1) is 0 Å². The van der Waals surface area contributed by atoms with Crippen LogP contribution in [0.15, 0.2) is 200 Å². The van der Waals surface area contributed by atoms with Crippen LogP contribution in [0.3, 0.4) is 0 Å². The number of hydrogen-bond donors (Lipinski definition) is 0. The predicted octanol–water partition coefficient (Wildman–Crippen LogP) is 16.6. The molecule has 12 rings (SSSR count). The Morgan fingerprint density at radius 1 is 0.387 bits per heavy atom. The molecule has 0 amide bonds. The molecule has 0 radical (unpaired) electrons. The van der Waals surface area contributed by atoms with E-state index in [0.717, 1.165) is 18.5 Å². The van der Waals surface area contributed by atoms with E-state index in [4.69, 9.17) is 0 Å². The van der Waals surface area contributed by atoms with Crippen LogP contribution in [0.4, 0.5) is 28.4 Å².